The first-order valence-corrected chi connectivity index (χ1v) is 5.92. The van der Waals surface area contributed by atoms with Crippen molar-refractivity contribution in [3.8, 4) is 0 Å². The van der Waals surface area contributed by atoms with Crippen LogP contribution in [0.15, 0.2) is 30.3 Å². The van der Waals surface area contributed by atoms with Crippen molar-refractivity contribution in [1.29, 1.82) is 0 Å². The summed E-state index contributed by atoms with van der Waals surface area (Å²) in [6.45, 7) is 2.64. The molecule has 0 bridgehead atoms. The normalized spacial score (nSPS) is 11.9. The largest absolute Gasteiger partial charge is 0.393 e. The minimum atomic E-state index is -0.297. The lowest BCUT2D eigenvalue weighted by Gasteiger charge is -2.08. The van der Waals surface area contributed by atoms with Gasteiger partial charge in [0.2, 0.25) is 5.91 Å². The van der Waals surface area contributed by atoms with Crippen LogP contribution < -0.4 is 10.6 Å². The molecule has 0 saturated carbocycles. The highest BCUT2D eigenvalue weighted by Gasteiger charge is 2.01. The van der Waals surface area contributed by atoms with Gasteiger partial charge in [-0.1, -0.05) is 18.2 Å². The Labute approximate surface area is 102 Å². The van der Waals surface area contributed by atoms with Crippen LogP contribution in [-0.4, -0.2) is 30.2 Å². The van der Waals surface area contributed by atoms with Gasteiger partial charge in [-0.15, -0.1) is 0 Å². The third-order valence-electron chi connectivity index (χ3n) is 2.35. The molecular weight excluding hydrogens is 216 g/mol. The minimum Gasteiger partial charge on any atom is -0.393 e. The van der Waals surface area contributed by atoms with Gasteiger partial charge in [0.15, 0.2) is 0 Å². The molecule has 0 aliphatic heterocycles. The maximum atomic E-state index is 11.4. The second kappa shape index (κ2) is 7.68. The number of aliphatic hydroxyl groups is 1. The number of amides is 1. The summed E-state index contributed by atoms with van der Waals surface area (Å²) < 4.78 is 0. The molecular formula is C13H20N2O2. The number of benzene rings is 1. The molecule has 0 heterocycles. The molecule has 1 atom stereocenters. The van der Waals surface area contributed by atoms with Crippen molar-refractivity contribution in [2.45, 2.75) is 25.9 Å². The maximum Gasteiger partial charge on any atom is 0.239 e. The standard InChI is InChI=1S/C13H20N2O2/c1-11(16)6-5-9-14-13(17)10-15-12-7-3-2-4-8-12/h2-4,7-8,11,15-16H,5-6,9-10H2,1H3,(H,14,17). The Balaban J connectivity index is 2.09. The van der Waals surface area contributed by atoms with Crippen molar-refractivity contribution in [2.75, 3.05) is 18.4 Å². The first kappa shape index (κ1) is 13.5. The molecule has 94 valence electrons. The second-order valence-electron chi connectivity index (χ2n) is 4.06. The zero-order valence-corrected chi connectivity index (χ0v) is 10.1. The van der Waals surface area contributed by atoms with E-state index in [0.29, 0.717) is 13.0 Å². The highest BCUT2D eigenvalue weighted by molar-refractivity contribution is 5.80. The van der Waals surface area contributed by atoms with E-state index in [1.807, 2.05) is 30.3 Å². The Morgan fingerprint density at radius 2 is 2.06 bits per heavy atom. The van der Waals surface area contributed by atoms with E-state index >= 15 is 0 Å². The molecule has 0 aliphatic rings. The molecule has 0 spiro atoms. The number of hydrogen-bond acceptors (Lipinski definition) is 3. The van der Waals surface area contributed by atoms with Crippen LogP contribution in [-0.2, 0) is 4.79 Å². The van der Waals surface area contributed by atoms with E-state index in [0.717, 1.165) is 12.1 Å². The number of rotatable bonds is 7. The number of para-hydroxylation sites is 1. The Kier molecular flexibility index (Phi) is 6.10. The van der Waals surface area contributed by atoms with Gasteiger partial charge in [-0.05, 0) is 31.9 Å². The van der Waals surface area contributed by atoms with E-state index in [2.05, 4.69) is 10.6 Å². The number of carbonyl (C=O) groups excluding carboxylic acids is 1. The smallest absolute Gasteiger partial charge is 0.239 e. The highest BCUT2D eigenvalue weighted by Crippen LogP contribution is 2.03. The Morgan fingerprint density at radius 3 is 2.71 bits per heavy atom. The molecule has 1 amide bonds. The number of aliphatic hydroxyl groups excluding tert-OH is 1. The van der Waals surface area contributed by atoms with Crippen LogP contribution in [0.25, 0.3) is 0 Å². The second-order valence-corrected chi connectivity index (χ2v) is 4.06. The van der Waals surface area contributed by atoms with Crippen molar-refractivity contribution in [1.82, 2.24) is 5.32 Å². The van der Waals surface area contributed by atoms with Crippen molar-refractivity contribution >= 4 is 11.6 Å². The number of hydrogen-bond donors (Lipinski definition) is 3. The topological polar surface area (TPSA) is 61.4 Å². The summed E-state index contributed by atoms with van der Waals surface area (Å²) in [4.78, 5) is 11.4. The third kappa shape index (κ3) is 6.58. The van der Waals surface area contributed by atoms with Gasteiger partial charge < -0.3 is 15.7 Å². The molecule has 1 aromatic rings. The average molecular weight is 236 g/mol. The van der Waals surface area contributed by atoms with E-state index in [1.165, 1.54) is 0 Å². The average Bonchev–Trinajstić information content (AvgIpc) is 2.33. The lowest BCUT2D eigenvalue weighted by Crippen LogP contribution is -2.30. The zero-order valence-electron chi connectivity index (χ0n) is 10.1. The van der Waals surface area contributed by atoms with E-state index in [4.69, 9.17) is 5.11 Å². The monoisotopic (exact) mass is 236 g/mol. The molecule has 17 heavy (non-hydrogen) atoms. The van der Waals surface area contributed by atoms with Crippen molar-refractivity contribution in [2.24, 2.45) is 0 Å². The summed E-state index contributed by atoms with van der Waals surface area (Å²) in [5, 5.41) is 14.9. The maximum absolute atomic E-state index is 11.4. The number of carbonyl (C=O) groups is 1. The van der Waals surface area contributed by atoms with Crippen LogP contribution in [0.2, 0.25) is 0 Å². The summed E-state index contributed by atoms with van der Waals surface area (Å²) >= 11 is 0. The molecule has 4 nitrogen and oxygen atoms in total. The number of nitrogens with one attached hydrogen (secondary N) is 2. The molecule has 0 radical (unpaired) electrons. The number of anilines is 1. The zero-order chi connectivity index (χ0) is 12.5. The summed E-state index contributed by atoms with van der Waals surface area (Å²) in [6, 6.07) is 9.61. The van der Waals surface area contributed by atoms with Gasteiger partial charge in [-0.3, -0.25) is 4.79 Å². The predicted octanol–water partition coefficient (Wildman–Crippen LogP) is 1.38. The lowest BCUT2D eigenvalue weighted by atomic mass is 10.2. The predicted molar refractivity (Wildman–Crippen MR) is 68.9 cm³/mol. The lowest BCUT2D eigenvalue weighted by molar-refractivity contribution is -0.119. The Morgan fingerprint density at radius 1 is 1.35 bits per heavy atom. The van der Waals surface area contributed by atoms with Crippen molar-refractivity contribution in [3.63, 3.8) is 0 Å². The molecule has 0 aliphatic carbocycles. The third-order valence-corrected chi connectivity index (χ3v) is 2.35. The SMILES string of the molecule is CC(O)CCCNC(=O)CNc1ccccc1. The molecule has 0 fully saturated rings. The van der Waals surface area contributed by atoms with E-state index in [9.17, 15) is 4.79 Å². The van der Waals surface area contributed by atoms with Crippen LogP contribution in [0.1, 0.15) is 19.8 Å². The summed E-state index contributed by atoms with van der Waals surface area (Å²) in [5.41, 5.74) is 0.937. The van der Waals surface area contributed by atoms with Crippen LogP contribution in [0.3, 0.4) is 0 Å². The fraction of sp³-hybridized carbons (Fsp3) is 0.462. The first-order valence-electron chi connectivity index (χ1n) is 5.92. The van der Waals surface area contributed by atoms with Gasteiger partial charge in [0.05, 0.1) is 12.6 Å². The molecule has 0 aromatic heterocycles. The molecule has 1 rings (SSSR count). The molecule has 1 unspecified atom stereocenters. The Bertz CT molecular complexity index is 325. The fourth-order valence-corrected chi connectivity index (χ4v) is 1.43. The van der Waals surface area contributed by atoms with Crippen molar-refractivity contribution < 1.29 is 9.90 Å². The summed E-state index contributed by atoms with van der Waals surface area (Å²) in [6.07, 6.45) is 1.22. The van der Waals surface area contributed by atoms with Crippen LogP contribution in [0, 0.1) is 0 Å². The molecule has 3 N–H and O–H groups in total. The fourth-order valence-electron chi connectivity index (χ4n) is 1.43. The van der Waals surface area contributed by atoms with Gasteiger partial charge in [-0.25, -0.2) is 0 Å². The molecule has 0 saturated heterocycles. The van der Waals surface area contributed by atoms with Crippen molar-refractivity contribution in [3.05, 3.63) is 30.3 Å². The molecule has 4 heteroatoms. The van der Waals surface area contributed by atoms with Gasteiger partial charge >= 0.3 is 0 Å². The van der Waals surface area contributed by atoms with Crippen LogP contribution in [0.5, 0.6) is 0 Å². The first-order chi connectivity index (χ1) is 8.18. The summed E-state index contributed by atoms with van der Waals surface area (Å²) in [5.74, 6) is -0.0283. The quantitative estimate of drug-likeness (QED) is 0.627. The Hall–Kier alpha value is -1.55. The van der Waals surface area contributed by atoms with E-state index < -0.39 is 0 Å². The summed E-state index contributed by atoms with van der Waals surface area (Å²) in [7, 11) is 0. The van der Waals surface area contributed by atoms with Gasteiger partial charge in [0.1, 0.15) is 0 Å². The van der Waals surface area contributed by atoms with Crippen LogP contribution >= 0.6 is 0 Å². The highest BCUT2D eigenvalue weighted by atomic mass is 16.3. The minimum absolute atomic E-state index is 0.0283. The van der Waals surface area contributed by atoms with E-state index in [-0.39, 0.29) is 18.6 Å². The van der Waals surface area contributed by atoms with Gasteiger partial charge in [0, 0.05) is 12.2 Å². The van der Waals surface area contributed by atoms with Crippen LogP contribution in [0.4, 0.5) is 5.69 Å². The van der Waals surface area contributed by atoms with E-state index in [1.54, 1.807) is 6.92 Å². The van der Waals surface area contributed by atoms with Gasteiger partial charge in [-0.2, -0.15) is 0 Å². The van der Waals surface area contributed by atoms with Gasteiger partial charge in [0.25, 0.3) is 0 Å². The molecule has 1 aromatic carbocycles.